The standard InChI is InChI=1S/C13H21NOS/c1-8-9(2)15-10(3)13(8)12(14)7-11-5-4-6-16-11/h4-6,8-10,12-13H,7,14H2,1-3H3. The van der Waals surface area contributed by atoms with Gasteiger partial charge in [-0.15, -0.1) is 11.3 Å². The van der Waals surface area contributed by atoms with E-state index in [0.29, 0.717) is 24.0 Å². The molecule has 1 aliphatic heterocycles. The van der Waals surface area contributed by atoms with Gasteiger partial charge < -0.3 is 10.5 Å². The summed E-state index contributed by atoms with van der Waals surface area (Å²) in [4.78, 5) is 1.38. The summed E-state index contributed by atoms with van der Waals surface area (Å²) in [5.74, 6) is 1.04. The summed E-state index contributed by atoms with van der Waals surface area (Å²) < 4.78 is 5.85. The highest BCUT2D eigenvalue weighted by Crippen LogP contribution is 2.35. The van der Waals surface area contributed by atoms with Crippen molar-refractivity contribution in [3.63, 3.8) is 0 Å². The molecule has 1 aliphatic rings. The number of thiophene rings is 1. The lowest BCUT2D eigenvalue weighted by atomic mass is 9.82. The fourth-order valence-electron chi connectivity index (χ4n) is 2.83. The van der Waals surface area contributed by atoms with Crippen LogP contribution in [0, 0.1) is 11.8 Å². The minimum atomic E-state index is 0.216. The van der Waals surface area contributed by atoms with E-state index in [4.69, 9.17) is 10.5 Å². The molecule has 16 heavy (non-hydrogen) atoms. The molecule has 0 saturated carbocycles. The van der Waals surface area contributed by atoms with Gasteiger partial charge in [0.15, 0.2) is 0 Å². The largest absolute Gasteiger partial charge is 0.375 e. The summed E-state index contributed by atoms with van der Waals surface area (Å²) in [5, 5.41) is 2.11. The van der Waals surface area contributed by atoms with Crippen LogP contribution >= 0.6 is 11.3 Å². The molecule has 0 bridgehead atoms. The molecule has 5 atom stereocenters. The van der Waals surface area contributed by atoms with Crippen molar-refractivity contribution in [3.05, 3.63) is 22.4 Å². The topological polar surface area (TPSA) is 35.2 Å². The van der Waals surface area contributed by atoms with Gasteiger partial charge in [0.05, 0.1) is 12.2 Å². The van der Waals surface area contributed by atoms with Crippen LogP contribution in [0.25, 0.3) is 0 Å². The number of nitrogens with two attached hydrogens (primary N) is 1. The zero-order valence-electron chi connectivity index (χ0n) is 10.2. The number of rotatable bonds is 3. The molecule has 5 unspecified atom stereocenters. The molecule has 1 saturated heterocycles. The average molecular weight is 239 g/mol. The van der Waals surface area contributed by atoms with Gasteiger partial charge in [0.1, 0.15) is 0 Å². The molecule has 1 aromatic heterocycles. The van der Waals surface area contributed by atoms with Gasteiger partial charge in [-0.1, -0.05) is 13.0 Å². The highest BCUT2D eigenvalue weighted by atomic mass is 32.1. The second-order valence-corrected chi connectivity index (χ2v) is 5.96. The van der Waals surface area contributed by atoms with Crippen LogP contribution < -0.4 is 5.73 Å². The lowest BCUT2D eigenvalue weighted by Gasteiger charge is -2.25. The van der Waals surface area contributed by atoms with Gasteiger partial charge in [0, 0.05) is 16.8 Å². The molecule has 2 nitrogen and oxygen atoms in total. The molecule has 3 heteroatoms. The highest BCUT2D eigenvalue weighted by Gasteiger charge is 2.40. The second kappa shape index (κ2) is 4.86. The first-order chi connectivity index (χ1) is 7.59. The van der Waals surface area contributed by atoms with Gasteiger partial charge in [-0.25, -0.2) is 0 Å². The molecule has 0 amide bonds. The zero-order chi connectivity index (χ0) is 11.7. The predicted molar refractivity (Wildman–Crippen MR) is 68.7 cm³/mol. The van der Waals surface area contributed by atoms with Crippen LogP contribution in [0.3, 0.4) is 0 Å². The minimum absolute atomic E-state index is 0.216. The molecule has 2 N–H and O–H groups in total. The molecule has 0 aliphatic carbocycles. The van der Waals surface area contributed by atoms with Crippen LogP contribution in [-0.2, 0) is 11.2 Å². The highest BCUT2D eigenvalue weighted by molar-refractivity contribution is 7.09. The smallest absolute Gasteiger partial charge is 0.0597 e. The van der Waals surface area contributed by atoms with Crippen LogP contribution in [0.4, 0.5) is 0 Å². The Kier molecular flexibility index (Phi) is 3.67. The van der Waals surface area contributed by atoms with Gasteiger partial charge in [-0.2, -0.15) is 0 Å². The maximum absolute atomic E-state index is 6.34. The quantitative estimate of drug-likeness (QED) is 0.880. The van der Waals surface area contributed by atoms with Crippen molar-refractivity contribution in [2.75, 3.05) is 0 Å². The first-order valence-electron chi connectivity index (χ1n) is 6.03. The van der Waals surface area contributed by atoms with Crippen molar-refractivity contribution < 1.29 is 4.74 Å². The Labute approximate surface area is 102 Å². The van der Waals surface area contributed by atoms with E-state index in [9.17, 15) is 0 Å². The molecule has 0 aromatic carbocycles. The number of hydrogen-bond acceptors (Lipinski definition) is 3. The van der Waals surface area contributed by atoms with Crippen LogP contribution in [0.5, 0.6) is 0 Å². The summed E-state index contributed by atoms with van der Waals surface area (Å²) in [6.07, 6.45) is 1.61. The van der Waals surface area contributed by atoms with Gasteiger partial charge in [-0.3, -0.25) is 0 Å². The monoisotopic (exact) mass is 239 g/mol. The average Bonchev–Trinajstić information content (AvgIpc) is 2.77. The van der Waals surface area contributed by atoms with Gasteiger partial charge in [0.2, 0.25) is 0 Å². The summed E-state index contributed by atoms with van der Waals surface area (Å²) in [6.45, 7) is 6.56. The lowest BCUT2D eigenvalue weighted by molar-refractivity contribution is 0.0490. The third kappa shape index (κ3) is 2.31. The third-order valence-corrected chi connectivity index (χ3v) is 4.73. The molecular formula is C13H21NOS. The third-order valence-electron chi connectivity index (χ3n) is 3.83. The van der Waals surface area contributed by atoms with Gasteiger partial charge in [0.25, 0.3) is 0 Å². The first kappa shape index (κ1) is 12.1. The van der Waals surface area contributed by atoms with Crippen molar-refractivity contribution >= 4 is 11.3 Å². The molecule has 1 aromatic rings. The number of hydrogen-bond donors (Lipinski definition) is 1. The number of ether oxygens (including phenoxy) is 1. The van der Waals surface area contributed by atoms with E-state index in [1.807, 2.05) is 0 Å². The van der Waals surface area contributed by atoms with E-state index < -0.39 is 0 Å². The molecule has 0 radical (unpaired) electrons. The van der Waals surface area contributed by atoms with Crippen molar-refractivity contribution in [1.29, 1.82) is 0 Å². The summed E-state index contributed by atoms with van der Waals surface area (Å²) in [6, 6.07) is 4.47. The van der Waals surface area contributed by atoms with E-state index in [0.717, 1.165) is 6.42 Å². The van der Waals surface area contributed by atoms with Crippen LogP contribution in [0.2, 0.25) is 0 Å². The van der Waals surface area contributed by atoms with Gasteiger partial charge >= 0.3 is 0 Å². The van der Waals surface area contributed by atoms with Crippen LogP contribution in [0.1, 0.15) is 25.6 Å². The molecule has 2 heterocycles. The maximum atomic E-state index is 6.34. The fraction of sp³-hybridized carbons (Fsp3) is 0.692. The summed E-state index contributed by atoms with van der Waals surface area (Å²) in [7, 11) is 0. The van der Waals surface area contributed by atoms with Crippen LogP contribution in [0.15, 0.2) is 17.5 Å². The lowest BCUT2D eigenvalue weighted by Crippen LogP contribution is -2.39. The fourth-order valence-corrected chi connectivity index (χ4v) is 3.61. The molecule has 0 spiro atoms. The van der Waals surface area contributed by atoms with Crippen molar-refractivity contribution in [2.45, 2.75) is 45.4 Å². The Hall–Kier alpha value is -0.380. The Morgan fingerprint density at radius 3 is 2.62 bits per heavy atom. The Balaban J connectivity index is 2.01. The van der Waals surface area contributed by atoms with E-state index in [2.05, 4.69) is 38.3 Å². The molecule has 2 rings (SSSR count). The van der Waals surface area contributed by atoms with E-state index >= 15 is 0 Å². The maximum Gasteiger partial charge on any atom is 0.0597 e. The Morgan fingerprint density at radius 2 is 2.12 bits per heavy atom. The predicted octanol–water partition coefficient (Wildman–Crippen LogP) is 2.68. The SMILES string of the molecule is CC1OC(C)C(C(N)Cc2cccs2)C1C. The molecule has 1 fully saturated rings. The second-order valence-electron chi connectivity index (χ2n) is 4.93. The van der Waals surface area contributed by atoms with Crippen LogP contribution in [-0.4, -0.2) is 18.2 Å². The van der Waals surface area contributed by atoms with Crippen molar-refractivity contribution in [3.8, 4) is 0 Å². The van der Waals surface area contributed by atoms with E-state index in [1.54, 1.807) is 11.3 Å². The molecular weight excluding hydrogens is 218 g/mol. The van der Waals surface area contributed by atoms with E-state index in [-0.39, 0.29) is 6.04 Å². The first-order valence-corrected chi connectivity index (χ1v) is 6.91. The Morgan fingerprint density at radius 1 is 1.38 bits per heavy atom. The van der Waals surface area contributed by atoms with E-state index in [1.165, 1.54) is 4.88 Å². The summed E-state index contributed by atoms with van der Waals surface area (Å²) >= 11 is 1.79. The minimum Gasteiger partial charge on any atom is -0.375 e. The van der Waals surface area contributed by atoms with Crippen molar-refractivity contribution in [1.82, 2.24) is 0 Å². The van der Waals surface area contributed by atoms with Gasteiger partial charge in [-0.05, 0) is 37.6 Å². The van der Waals surface area contributed by atoms with Crippen molar-refractivity contribution in [2.24, 2.45) is 17.6 Å². The summed E-state index contributed by atoms with van der Waals surface area (Å²) in [5.41, 5.74) is 6.34. The Bertz CT molecular complexity index is 325. The molecule has 90 valence electrons. The normalized spacial score (nSPS) is 36.5. The zero-order valence-corrected chi connectivity index (χ0v) is 11.0.